The summed E-state index contributed by atoms with van der Waals surface area (Å²) in [5.74, 6) is -2.57. The Kier molecular flexibility index (Phi) is 29.4. The van der Waals surface area contributed by atoms with E-state index in [1.54, 1.807) is 61.2 Å². The van der Waals surface area contributed by atoms with Crippen LogP contribution in [0.2, 0.25) is 0 Å². The molecule has 14 heteroatoms. The van der Waals surface area contributed by atoms with Gasteiger partial charge in [0.1, 0.15) is 0 Å². The van der Waals surface area contributed by atoms with E-state index in [9.17, 15) is 17.6 Å². The van der Waals surface area contributed by atoms with Gasteiger partial charge in [0.2, 0.25) is 0 Å². The first-order valence-corrected chi connectivity index (χ1v) is 24.2. The van der Waals surface area contributed by atoms with Crippen LogP contribution in [-0.2, 0) is 51.0 Å². The molecule has 0 fully saturated rings. The summed E-state index contributed by atoms with van der Waals surface area (Å²) in [5.41, 5.74) is 12.5. The molecule has 0 saturated carbocycles. The van der Waals surface area contributed by atoms with Crippen LogP contribution in [0.4, 0.5) is 17.6 Å². The van der Waals surface area contributed by atoms with Gasteiger partial charge in [0, 0.05) is 80.6 Å². The first-order chi connectivity index (χ1) is 37.4. The van der Waals surface area contributed by atoms with Gasteiger partial charge in [-0.05, 0) is 93.3 Å². The first kappa shape index (κ1) is 67.9. The molecule has 0 aliphatic heterocycles. The quantitative estimate of drug-likeness (QED) is 0.123. The summed E-state index contributed by atoms with van der Waals surface area (Å²) >= 11 is 0. The van der Waals surface area contributed by atoms with Gasteiger partial charge in [-0.3, -0.25) is 27.5 Å². The Bertz CT molecular complexity index is 3170. The van der Waals surface area contributed by atoms with Gasteiger partial charge in [-0.25, -0.2) is 0 Å². The molecule has 80 heavy (non-hydrogen) atoms. The number of aryl methyl sites for hydroxylation is 2. The van der Waals surface area contributed by atoms with Crippen molar-refractivity contribution in [2.24, 2.45) is 0 Å². The number of hydrogen-bond acceptors (Lipinski definition) is 8. The van der Waals surface area contributed by atoms with Crippen molar-refractivity contribution in [2.45, 2.75) is 66.2 Å². The fourth-order valence-electron chi connectivity index (χ4n) is 6.75. The molecule has 0 aliphatic carbocycles. The molecule has 6 heterocycles. The van der Waals surface area contributed by atoms with Crippen molar-refractivity contribution in [3.8, 4) is 56.4 Å². The van der Waals surface area contributed by atoms with E-state index in [-0.39, 0.29) is 62.2 Å². The molecule has 0 atom stereocenters. The van der Waals surface area contributed by atoms with Crippen LogP contribution in [0, 0.1) is 85.0 Å². The molecule has 0 spiro atoms. The van der Waals surface area contributed by atoms with Crippen LogP contribution in [0.15, 0.2) is 195 Å². The van der Waals surface area contributed by atoms with Crippen LogP contribution >= 0.6 is 0 Å². The van der Waals surface area contributed by atoms with Gasteiger partial charge in [0.25, 0.3) is 0 Å². The maximum absolute atomic E-state index is 13.2. The Morgan fingerprint density at radius 2 is 0.688 bits per heavy atom. The SMILES string of the molecule is CC(C)(C)c1ccnc(-c2cc(C(C)(C)C)ccn2)c1.Cc1c[c-]c(-c2ccccn2)cc1.Cc1c[c-]c(-c2ccccn2)cc1.Fc1c[c-]c(-c2ccccn2)c(F)c1.Fc1c[c-]c(-c2ccccn2)c(F)c1.[C-]#N.[C-]#N.[Ir-3].[Ir]. The maximum atomic E-state index is 13.2. The van der Waals surface area contributed by atoms with Crippen LogP contribution < -0.4 is 0 Å². The zero-order chi connectivity index (χ0) is 57.1. The minimum atomic E-state index is -0.649. The molecule has 4 aromatic carbocycles. The van der Waals surface area contributed by atoms with Crippen LogP contribution in [0.3, 0.4) is 0 Å². The van der Waals surface area contributed by atoms with Gasteiger partial charge in [-0.1, -0.05) is 127 Å². The van der Waals surface area contributed by atoms with Gasteiger partial charge >= 0.3 is 0 Å². The molecule has 0 unspecified atom stereocenters. The van der Waals surface area contributed by atoms with Crippen LogP contribution in [0.5, 0.6) is 0 Å². The second-order valence-corrected chi connectivity index (χ2v) is 18.9. The topological polar surface area (TPSA) is 125 Å². The number of pyridine rings is 6. The second-order valence-electron chi connectivity index (χ2n) is 18.9. The third kappa shape index (κ3) is 22.3. The minimum Gasteiger partial charge on any atom is -3.00 e. The Hall–Kier alpha value is -8.22. The van der Waals surface area contributed by atoms with E-state index < -0.39 is 23.3 Å². The van der Waals surface area contributed by atoms with Crippen molar-refractivity contribution in [2.75, 3.05) is 0 Å². The van der Waals surface area contributed by atoms with Gasteiger partial charge in [-0.15, -0.1) is 95.1 Å². The molecule has 10 aromatic rings. The largest absolute Gasteiger partial charge is 3.00 e. The van der Waals surface area contributed by atoms with E-state index in [1.807, 2.05) is 73.1 Å². The van der Waals surface area contributed by atoms with Gasteiger partial charge in [0.15, 0.2) is 0 Å². The molecule has 0 aliphatic rings. The summed E-state index contributed by atoms with van der Waals surface area (Å²) in [4.78, 5) is 25.4. The first-order valence-electron chi connectivity index (χ1n) is 24.2. The predicted octanol–water partition coefficient (Wildman–Crippen LogP) is 16.3. The third-order valence-corrected chi connectivity index (χ3v) is 10.9. The number of nitrogens with zero attached hydrogens (tertiary/aromatic N) is 8. The van der Waals surface area contributed by atoms with Crippen LogP contribution in [0.25, 0.3) is 56.4 Å². The van der Waals surface area contributed by atoms with Crippen molar-refractivity contribution in [1.29, 1.82) is 10.5 Å². The Balaban J connectivity index is 0.000000337. The number of aromatic nitrogens is 6. The van der Waals surface area contributed by atoms with E-state index in [1.165, 1.54) is 22.3 Å². The number of halogens is 4. The molecular weight excluding hydrogens is 1370 g/mol. The van der Waals surface area contributed by atoms with E-state index >= 15 is 0 Å². The molecular formula is C66H56F4Ir2N8-9. The van der Waals surface area contributed by atoms with Crippen LogP contribution in [0.1, 0.15) is 63.8 Å². The summed E-state index contributed by atoms with van der Waals surface area (Å²) < 4.78 is 51.6. The zero-order valence-electron chi connectivity index (χ0n) is 45.2. The van der Waals surface area contributed by atoms with Gasteiger partial charge in [0.05, 0.1) is 11.4 Å². The molecule has 10 rings (SSSR count). The van der Waals surface area contributed by atoms with E-state index in [0.29, 0.717) is 11.4 Å². The minimum absolute atomic E-state index is 0. The Labute approximate surface area is 495 Å². The molecule has 0 N–H and O–H groups in total. The normalized spacial score (nSPS) is 9.95. The maximum Gasteiger partial charge on any atom is 0.0889 e. The standard InChI is InChI=1S/C18H24N2.2C12H10N.2C11H6F2N.2CN.2Ir/c1-17(2,3)13-7-9-19-15(11-13)16-12-14(8-10-20-16)18(4,5)6;2*1-10-5-7-11(8-6-10)12-4-2-3-9-13-12;2*12-8-4-5-9(10(13)7-8)11-3-1-2-6-14-11;2*1-2;;/h7-12H,1-6H3;2*2-7,9H,1H3;2*1-4,6-7H;;;;/q;6*-1;;-3. The summed E-state index contributed by atoms with van der Waals surface area (Å²) in [7, 11) is 0. The van der Waals surface area contributed by atoms with Crippen molar-refractivity contribution in [3.05, 3.63) is 278 Å². The Morgan fingerprint density at radius 1 is 0.375 bits per heavy atom. The average Bonchev–Trinajstić information content (AvgIpc) is 3.46. The summed E-state index contributed by atoms with van der Waals surface area (Å²) in [6.45, 7) is 26.9. The summed E-state index contributed by atoms with van der Waals surface area (Å²) in [5, 5.41) is 12.5. The van der Waals surface area contributed by atoms with E-state index in [0.717, 1.165) is 58.2 Å². The van der Waals surface area contributed by atoms with Crippen molar-refractivity contribution in [3.63, 3.8) is 0 Å². The number of rotatable bonds is 5. The monoisotopic (exact) mass is 1420 g/mol. The second kappa shape index (κ2) is 34.6. The fraction of sp³-hybridized carbons (Fsp3) is 0.152. The molecule has 1 radical (unpaired) electrons. The van der Waals surface area contributed by atoms with Crippen molar-refractivity contribution >= 4 is 0 Å². The molecule has 6 aromatic heterocycles. The summed E-state index contributed by atoms with van der Waals surface area (Å²) in [6, 6.07) is 57.8. The van der Waals surface area contributed by atoms with E-state index in [2.05, 4.69) is 146 Å². The van der Waals surface area contributed by atoms with E-state index in [4.69, 9.17) is 23.7 Å². The summed E-state index contributed by atoms with van der Waals surface area (Å²) in [6.07, 6.45) is 10.4. The molecule has 8 nitrogen and oxygen atoms in total. The molecule has 0 bridgehead atoms. The molecule has 0 saturated heterocycles. The Morgan fingerprint density at radius 3 is 0.950 bits per heavy atom. The van der Waals surface area contributed by atoms with Gasteiger partial charge in [-0.2, -0.15) is 0 Å². The van der Waals surface area contributed by atoms with Crippen LogP contribution in [-0.4, -0.2) is 29.9 Å². The smallest absolute Gasteiger partial charge is 0.0889 e. The predicted molar refractivity (Wildman–Crippen MR) is 298 cm³/mol. The van der Waals surface area contributed by atoms with Gasteiger partial charge < -0.3 is 63.7 Å². The molecule has 415 valence electrons. The number of hydrogen-bond donors (Lipinski definition) is 0. The van der Waals surface area contributed by atoms with Crippen molar-refractivity contribution < 1.29 is 57.8 Å². The van der Waals surface area contributed by atoms with Crippen molar-refractivity contribution in [1.82, 2.24) is 29.9 Å². The fourth-order valence-corrected chi connectivity index (χ4v) is 6.75. The zero-order valence-corrected chi connectivity index (χ0v) is 50.0. The number of benzene rings is 4. The molecule has 0 amide bonds. The average molecular weight is 1420 g/mol. The third-order valence-electron chi connectivity index (χ3n) is 10.9.